The van der Waals surface area contributed by atoms with Gasteiger partial charge in [0.2, 0.25) is 0 Å². The van der Waals surface area contributed by atoms with Crippen LogP contribution in [0.2, 0.25) is 10.0 Å². The van der Waals surface area contributed by atoms with Crippen molar-refractivity contribution in [3.8, 4) is 5.75 Å². The Balaban J connectivity index is 1.67. The summed E-state index contributed by atoms with van der Waals surface area (Å²) >= 11 is 12.1. The third-order valence-electron chi connectivity index (χ3n) is 4.70. The van der Waals surface area contributed by atoms with E-state index in [1.165, 1.54) is 18.3 Å². The molecule has 0 aliphatic heterocycles. The minimum atomic E-state index is -0.948. The Labute approximate surface area is 200 Å². The van der Waals surface area contributed by atoms with Crippen LogP contribution in [-0.4, -0.2) is 18.0 Å². The van der Waals surface area contributed by atoms with Gasteiger partial charge in [-0.1, -0.05) is 47.5 Å². The van der Waals surface area contributed by atoms with Gasteiger partial charge in [-0.2, -0.15) is 5.10 Å². The summed E-state index contributed by atoms with van der Waals surface area (Å²) in [6.45, 7) is 3.53. The summed E-state index contributed by atoms with van der Waals surface area (Å²) in [7, 11) is 0. The van der Waals surface area contributed by atoms with Gasteiger partial charge in [-0.3, -0.25) is 9.59 Å². The number of rotatable bonds is 6. The molecule has 3 aromatic carbocycles. The number of carbonyl (C=O) groups is 2. The van der Waals surface area contributed by atoms with E-state index in [1.54, 1.807) is 24.3 Å². The summed E-state index contributed by atoms with van der Waals surface area (Å²) in [4.78, 5) is 24.4. The summed E-state index contributed by atoms with van der Waals surface area (Å²) in [5, 5.41) is 7.03. The van der Waals surface area contributed by atoms with Crippen LogP contribution in [-0.2, 0) is 16.2 Å². The first-order chi connectivity index (χ1) is 15.8. The highest BCUT2D eigenvalue weighted by molar-refractivity contribution is 6.39. The zero-order valence-electron chi connectivity index (χ0n) is 17.8. The second-order valence-corrected chi connectivity index (χ2v) is 7.93. The van der Waals surface area contributed by atoms with Crippen molar-refractivity contribution in [3.63, 3.8) is 0 Å². The average molecular weight is 488 g/mol. The highest BCUT2D eigenvalue weighted by atomic mass is 35.5. The molecule has 0 heterocycles. The molecule has 2 amide bonds. The van der Waals surface area contributed by atoms with Crippen LogP contribution in [0, 0.1) is 19.7 Å². The molecule has 0 bridgehead atoms. The predicted molar refractivity (Wildman–Crippen MR) is 127 cm³/mol. The molecule has 0 aliphatic carbocycles. The number of hydrazone groups is 1. The fraction of sp³-hybridized carbons (Fsp3) is 0.125. The number of halogens is 3. The van der Waals surface area contributed by atoms with Crippen LogP contribution in [0.4, 0.5) is 10.1 Å². The van der Waals surface area contributed by atoms with Crippen LogP contribution < -0.4 is 15.5 Å². The number of nitrogens with zero attached hydrogens (tertiary/aromatic N) is 1. The van der Waals surface area contributed by atoms with Gasteiger partial charge >= 0.3 is 11.8 Å². The zero-order valence-corrected chi connectivity index (χ0v) is 19.3. The smallest absolute Gasteiger partial charge is 0.329 e. The Morgan fingerprint density at radius 1 is 1.03 bits per heavy atom. The molecule has 170 valence electrons. The monoisotopic (exact) mass is 487 g/mol. The van der Waals surface area contributed by atoms with Crippen molar-refractivity contribution in [2.24, 2.45) is 5.10 Å². The molecule has 3 rings (SSSR count). The molecule has 0 aromatic heterocycles. The largest absolute Gasteiger partial charge is 0.488 e. The van der Waals surface area contributed by atoms with Gasteiger partial charge in [0.15, 0.2) is 0 Å². The first-order valence-electron chi connectivity index (χ1n) is 9.82. The van der Waals surface area contributed by atoms with Gasteiger partial charge in [0.25, 0.3) is 0 Å². The van der Waals surface area contributed by atoms with E-state index in [2.05, 4.69) is 15.8 Å². The van der Waals surface area contributed by atoms with Gasteiger partial charge in [-0.25, -0.2) is 9.82 Å². The summed E-state index contributed by atoms with van der Waals surface area (Å²) in [6.07, 6.45) is 1.27. The van der Waals surface area contributed by atoms with Crippen LogP contribution in [0.1, 0.15) is 22.3 Å². The molecule has 0 atom stereocenters. The first kappa shape index (κ1) is 24.2. The molecule has 0 spiro atoms. The number of hydrogen-bond donors (Lipinski definition) is 2. The Kier molecular flexibility index (Phi) is 8.03. The van der Waals surface area contributed by atoms with E-state index in [1.807, 2.05) is 32.0 Å². The van der Waals surface area contributed by atoms with Gasteiger partial charge in [0, 0.05) is 21.8 Å². The van der Waals surface area contributed by atoms with Crippen LogP contribution in [0.25, 0.3) is 0 Å². The highest BCUT2D eigenvalue weighted by Gasteiger charge is 2.15. The molecule has 0 radical (unpaired) electrons. The summed E-state index contributed by atoms with van der Waals surface area (Å²) in [6, 6.07) is 14.6. The van der Waals surface area contributed by atoms with Crippen LogP contribution >= 0.6 is 23.2 Å². The van der Waals surface area contributed by atoms with Crippen molar-refractivity contribution in [1.29, 1.82) is 0 Å². The third kappa shape index (κ3) is 6.31. The fourth-order valence-corrected chi connectivity index (χ4v) is 3.36. The SMILES string of the molecule is Cc1cccc(C)c1NC(=O)C(=O)N/N=C\c1cc(Cl)ccc1OCc1c(F)cccc1Cl. The maximum absolute atomic E-state index is 14.0. The molecular weight excluding hydrogens is 468 g/mol. The third-order valence-corrected chi connectivity index (χ3v) is 5.29. The fourth-order valence-electron chi connectivity index (χ4n) is 2.96. The number of para-hydroxylation sites is 1. The molecular formula is C24H20Cl2FN3O3. The molecule has 0 saturated carbocycles. The van der Waals surface area contributed by atoms with E-state index < -0.39 is 17.6 Å². The van der Waals surface area contributed by atoms with Crippen molar-refractivity contribution in [2.75, 3.05) is 5.32 Å². The van der Waals surface area contributed by atoms with Crippen molar-refractivity contribution in [1.82, 2.24) is 5.43 Å². The maximum atomic E-state index is 14.0. The van der Waals surface area contributed by atoms with Gasteiger partial charge in [-0.15, -0.1) is 0 Å². The van der Waals surface area contributed by atoms with E-state index in [0.717, 1.165) is 11.1 Å². The van der Waals surface area contributed by atoms with Gasteiger partial charge in [-0.05, 0) is 55.3 Å². The van der Waals surface area contributed by atoms with Crippen molar-refractivity contribution >= 4 is 46.9 Å². The Hall–Kier alpha value is -3.42. The average Bonchev–Trinajstić information content (AvgIpc) is 2.77. The van der Waals surface area contributed by atoms with E-state index in [9.17, 15) is 14.0 Å². The lowest BCUT2D eigenvalue weighted by Gasteiger charge is -2.11. The molecule has 0 aliphatic rings. The number of carbonyl (C=O) groups excluding carboxylic acids is 2. The first-order valence-corrected chi connectivity index (χ1v) is 10.6. The van der Waals surface area contributed by atoms with E-state index >= 15 is 0 Å². The maximum Gasteiger partial charge on any atom is 0.329 e. The molecule has 2 N–H and O–H groups in total. The Bertz CT molecular complexity index is 1190. The topological polar surface area (TPSA) is 79.8 Å². The number of benzene rings is 3. The van der Waals surface area contributed by atoms with Crippen LogP contribution in [0.3, 0.4) is 0 Å². The molecule has 3 aromatic rings. The number of hydrogen-bond acceptors (Lipinski definition) is 4. The summed E-state index contributed by atoms with van der Waals surface area (Å²) in [5.41, 5.74) is 5.00. The standard InChI is InChI=1S/C24H20Cl2FN3O3/c1-14-5-3-6-15(2)22(14)29-23(31)24(32)30-28-12-16-11-17(25)9-10-21(16)33-13-18-19(26)7-4-8-20(18)27/h3-12H,13H2,1-2H3,(H,29,31)(H,30,32)/b28-12-. The van der Waals surface area contributed by atoms with Crippen molar-refractivity contribution in [3.05, 3.63) is 92.7 Å². The number of anilines is 1. The Morgan fingerprint density at radius 2 is 1.73 bits per heavy atom. The molecule has 9 heteroatoms. The normalized spacial score (nSPS) is 10.8. The number of ether oxygens (including phenoxy) is 1. The number of nitrogens with one attached hydrogen (secondary N) is 2. The minimum absolute atomic E-state index is 0.126. The second-order valence-electron chi connectivity index (χ2n) is 7.09. The van der Waals surface area contributed by atoms with E-state index in [4.69, 9.17) is 27.9 Å². The lowest BCUT2D eigenvalue weighted by atomic mass is 10.1. The molecule has 33 heavy (non-hydrogen) atoms. The van der Waals surface area contributed by atoms with Gasteiger partial charge in [0.1, 0.15) is 18.2 Å². The van der Waals surface area contributed by atoms with Crippen LogP contribution in [0.5, 0.6) is 5.75 Å². The molecule has 0 unspecified atom stereocenters. The van der Waals surface area contributed by atoms with Crippen molar-refractivity contribution < 1.29 is 18.7 Å². The minimum Gasteiger partial charge on any atom is -0.488 e. The molecule has 0 saturated heterocycles. The lowest BCUT2D eigenvalue weighted by molar-refractivity contribution is -0.136. The number of aryl methyl sites for hydroxylation is 2. The van der Waals surface area contributed by atoms with Gasteiger partial charge in [0.05, 0.1) is 11.2 Å². The van der Waals surface area contributed by atoms with Crippen molar-refractivity contribution in [2.45, 2.75) is 20.5 Å². The number of amides is 2. The van der Waals surface area contributed by atoms with Gasteiger partial charge < -0.3 is 10.1 Å². The zero-order chi connectivity index (χ0) is 24.0. The molecule has 0 fully saturated rings. The summed E-state index contributed by atoms with van der Waals surface area (Å²) in [5.74, 6) is -1.97. The van der Waals surface area contributed by atoms with E-state index in [-0.39, 0.29) is 17.2 Å². The van der Waals surface area contributed by atoms with E-state index in [0.29, 0.717) is 22.0 Å². The lowest BCUT2D eigenvalue weighted by Crippen LogP contribution is -2.32. The summed E-state index contributed by atoms with van der Waals surface area (Å²) < 4.78 is 19.7. The quantitative estimate of drug-likeness (QED) is 0.276. The van der Waals surface area contributed by atoms with Crippen LogP contribution in [0.15, 0.2) is 59.7 Å². The molecule has 6 nitrogen and oxygen atoms in total. The highest BCUT2D eigenvalue weighted by Crippen LogP contribution is 2.25. The Morgan fingerprint density at radius 3 is 2.42 bits per heavy atom. The second kappa shape index (κ2) is 10.9. The predicted octanol–water partition coefficient (Wildman–Crippen LogP) is 5.42.